The molecule has 0 aliphatic rings. The maximum Gasteiger partial charge on any atom is 0.417 e. The van der Waals surface area contributed by atoms with E-state index in [9.17, 15) is 62.3 Å². The number of alkyl halides is 12. The van der Waals surface area contributed by atoms with E-state index in [4.69, 9.17) is 5.73 Å². The number of primary amides is 1. The first-order chi connectivity index (χ1) is 17.6. The molecule has 2 rings (SSSR count). The van der Waals surface area contributed by atoms with Crippen molar-refractivity contribution in [2.24, 2.45) is 11.7 Å². The van der Waals surface area contributed by atoms with E-state index in [1.165, 1.54) is 0 Å². The van der Waals surface area contributed by atoms with Gasteiger partial charge in [0.15, 0.2) is 0 Å². The van der Waals surface area contributed by atoms with E-state index >= 15 is 0 Å². The Hall–Kier alpha value is -3.46. The lowest BCUT2D eigenvalue weighted by Gasteiger charge is -2.29. The number of amides is 2. The van der Waals surface area contributed by atoms with Crippen LogP contribution in [0.4, 0.5) is 64.1 Å². The van der Waals surface area contributed by atoms with Crippen LogP contribution in [0.5, 0.6) is 0 Å². The van der Waals surface area contributed by atoms with Crippen LogP contribution >= 0.6 is 0 Å². The molecule has 0 saturated carbocycles. The summed E-state index contributed by atoms with van der Waals surface area (Å²) in [6.07, 6.45) is -22.4. The molecule has 0 fully saturated rings. The largest absolute Gasteiger partial charge is 0.417 e. The number of carbonyl (C=O) groups is 2. The van der Waals surface area contributed by atoms with E-state index in [-0.39, 0.29) is 42.0 Å². The van der Waals surface area contributed by atoms with Crippen LogP contribution in [0, 0.1) is 5.92 Å². The second-order valence-corrected chi connectivity index (χ2v) is 8.22. The molecule has 39 heavy (non-hydrogen) atoms. The quantitative estimate of drug-likeness (QED) is 0.269. The molecule has 0 saturated heterocycles. The molecular formula is C23H18F12N2O2. The molecule has 0 bridgehead atoms. The van der Waals surface area contributed by atoms with Gasteiger partial charge < -0.3 is 5.73 Å². The maximum atomic E-state index is 13.5. The summed E-state index contributed by atoms with van der Waals surface area (Å²) in [7, 11) is 0. The van der Waals surface area contributed by atoms with Crippen molar-refractivity contribution in [1.82, 2.24) is 0 Å². The monoisotopic (exact) mass is 582 g/mol. The molecule has 0 radical (unpaired) electrons. The fourth-order valence-corrected chi connectivity index (χ4v) is 3.66. The summed E-state index contributed by atoms with van der Waals surface area (Å²) < 4.78 is 161. The fraction of sp³-hybridized carbons (Fsp3) is 0.391. The Bertz CT molecular complexity index is 1140. The number of halogens is 12. The van der Waals surface area contributed by atoms with Crippen LogP contribution in [-0.2, 0) is 34.3 Å². The second-order valence-electron chi connectivity index (χ2n) is 8.22. The molecular weight excluding hydrogens is 564 g/mol. The molecule has 0 aliphatic heterocycles. The van der Waals surface area contributed by atoms with Gasteiger partial charge in [-0.05, 0) is 42.8 Å². The van der Waals surface area contributed by atoms with E-state index in [0.717, 1.165) is 0 Å². The normalized spacial score (nSPS) is 13.8. The first-order valence-electron chi connectivity index (χ1n) is 10.8. The lowest BCUT2D eigenvalue weighted by Crippen LogP contribution is -2.40. The van der Waals surface area contributed by atoms with Crippen molar-refractivity contribution in [1.29, 1.82) is 0 Å². The van der Waals surface area contributed by atoms with Crippen molar-refractivity contribution in [2.75, 3.05) is 4.90 Å². The third kappa shape index (κ3) is 7.35. The Morgan fingerprint density at radius 3 is 1.33 bits per heavy atom. The number of carbonyl (C=O) groups excluding carboxylic acids is 2. The molecule has 2 amide bonds. The fourth-order valence-electron chi connectivity index (χ4n) is 3.66. The van der Waals surface area contributed by atoms with Gasteiger partial charge in [-0.3, -0.25) is 14.5 Å². The Morgan fingerprint density at radius 2 is 1.05 bits per heavy atom. The molecule has 216 valence electrons. The van der Waals surface area contributed by atoms with Crippen molar-refractivity contribution in [2.45, 2.75) is 50.9 Å². The zero-order valence-corrected chi connectivity index (χ0v) is 19.5. The Morgan fingerprint density at radius 1 is 0.692 bits per heavy atom. The summed E-state index contributed by atoms with van der Waals surface area (Å²) in [4.78, 5) is 25.3. The van der Waals surface area contributed by atoms with E-state index in [0.29, 0.717) is 18.6 Å². The second kappa shape index (κ2) is 11.0. The molecule has 2 aromatic carbocycles. The summed E-state index contributed by atoms with van der Waals surface area (Å²) in [5, 5.41) is 0. The highest BCUT2D eigenvalue weighted by Gasteiger charge is 2.46. The molecule has 16 heteroatoms. The minimum absolute atomic E-state index is 0.00980. The lowest BCUT2D eigenvalue weighted by molar-refractivity contribution is -0.162. The molecule has 1 unspecified atom stereocenters. The third-order valence-corrected chi connectivity index (χ3v) is 5.45. The highest BCUT2D eigenvalue weighted by atomic mass is 19.4. The Kier molecular flexibility index (Phi) is 8.92. The van der Waals surface area contributed by atoms with Crippen molar-refractivity contribution >= 4 is 23.2 Å². The predicted molar refractivity (Wildman–Crippen MR) is 112 cm³/mol. The van der Waals surface area contributed by atoms with Crippen LogP contribution < -0.4 is 10.6 Å². The first-order valence-corrected chi connectivity index (χ1v) is 10.8. The van der Waals surface area contributed by atoms with Crippen LogP contribution in [-0.4, -0.2) is 11.8 Å². The molecule has 0 heterocycles. The summed E-state index contributed by atoms with van der Waals surface area (Å²) in [6.45, 7) is 1.59. The van der Waals surface area contributed by atoms with Crippen molar-refractivity contribution < 1.29 is 62.3 Å². The summed E-state index contributed by atoms with van der Waals surface area (Å²) in [6, 6.07) is 0.00160. The summed E-state index contributed by atoms with van der Waals surface area (Å²) >= 11 is 0. The van der Waals surface area contributed by atoms with Gasteiger partial charge in [-0.15, -0.1) is 0 Å². The van der Waals surface area contributed by atoms with Crippen molar-refractivity contribution in [3.63, 3.8) is 0 Å². The molecule has 0 spiro atoms. The highest BCUT2D eigenvalue weighted by molar-refractivity contribution is 6.11. The molecule has 4 nitrogen and oxygen atoms in total. The number of anilines is 2. The molecule has 2 N–H and O–H groups in total. The molecule has 0 aromatic heterocycles. The van der Waals surface area contributed by atoms with Gasteiger partial charge in [-0.25, -0.2) is 0 Å². The zero-order chi connectivity index (χ0) is 30.1. The van der Waals surface area contributed by atoms with Crippen LogP contribution in [0.15, 0.2) is 36.4 Å². The average molecular weight is 582 g/mol. The van der Waals surface area contributed by atoms with Crippen LogP contribution in [0.1, 0.15) is 48.4 Å². The number of rotatable bonds is 7. The summed E-state index contributed by atoms with van der Waals surface area (Å²) in [5.74, 6) is -4.82. The van der Waals surface area contributed by atoms with Gasteiger partial charge in [0.25, 0.3) is 0 Å². The Balaban J connectivity index is 2.94. The van der Waals surface area contributed by atoms with E-state index in [1.807, 2.05) is 0 Å². The smallest absolute Gasteiger partial charge is 0.369 e. The van der Waals surface area contributed by atoms with E-state index < -0.39 is 76.1 Å². The lowest BCUT2D eigenvalue weighted by atomic mass is 9.97. The maximum absolute atomic E-state index is 13.5. The number of nitrogens with two attached hydrogens (primary N) is 1. The van der Waals surface area contributed by atoms with Gasteiger partial charge in [0, 0.05) is 11.4 Å². The minimum Gasteiger partial charge on any atom is -0.369 e. The number of hydrogen-bond donors (Lipinski definition) is 1. The number of unbranched alkanes of at least 4 members (excludes halogenated alkanes) is 1. The van der Waals surface area contributed by atoms with Gasteiger partial charge in [0.1, 0.15) is 5.92 Å². The van der Waals surface area contributed by atoms with Crippen LogP contribution in [0.25, 0.3) is 0 Å². The third-order valence-electron chi connectivity index (χ3n) is 5.45. The highest BCUT2D eigenvalue weighted by Crippen LogP contribution is 2.45. The molecule has 2 aromatic rings. The van der Waals surface area contributed by atoms with Crippen molar-refractivity contribution in [3.8, 4) is 0 Å². The topological polar surface area (TPSA) is 63.4 Å². The zero-order valence-electron chi connectivity index (χ0n) is 19.5. The molecule has 1 atom stereocenters. The van der Waals surface area contributed by atoms with Gasteiger partial charge in [-0.1, -0.05) is 19.8 Å². The number of benzene rings is 2. The van der Waals surface area contributed by atoms with Gasteiger partial charge >= 0.3 is 24.7 Å². The predicted octanol–water partition coefficient (Wildman–Crippen LogP) is 7.72. The van der Waals surface area contributed by atoms with Crippen LogP contribution in [0.2, 0.25) is 0 Å². The van der Waals surface area contributed by atoms with Gasteiger partial charge in [0.05, 0.1) is 22.3 Å². The SMILES string of the molecule is CCCCC(C(N)=O)C(=O)N(c1ccc(C(F)(F)F)c(C(F)(F)F)c1)c1ccc(C(F)(F)F)c(C(F)(F)F)c1. The Labute approximate surface area is 212 Å². The van der Waals surface area contributed by atoms with Gasteiger partial charge in [0.2, 0.25) is 11.8 Å². The molecule has 0 aliphatic carbocycles. The minimum atomic E-state index is -5.68. The van der Waals surface area contributed by atoms with Crippen LogP contribution in [0.3, 0.4) is 0 Å². The number of hydrogen-bond acceptors (Lipinski definition) is 2. The van der Waals surface area contributed by atoms with Crippen molar-refractivity contribution in [3.05, 3.63) is 58.7 Å². The number of nitrogens with zero attached hydrogens (tertiary/aromatic N) is 1. The summed E-state index contributed by atoms with van der Waals surface area (Å²) in [5.41, 5.74) is -6.09. The van der Waals surface area contributed by atoms with E-state index in [1.54, 1.807) is 6.92 Å². The van der Waals surface area contributed by atoms with Gasteiger partial charge in [-0.2, -0.15) is 52.7 Å². The first kappa shape index (κ1) is 31.8. The van der Waals surface area contributed by atoms with E-state index in [2.05, 4.69) is 0 Å². The standard InChI is InChI=1S/C23H18F12N2O2/c1-2-3-4-13(18(36)38)19(39)37(11-5-7-14(20(24,25)26)16(9-11)22(30,31)32)12-6-8-15(21(27,28)29)17(10-12)23(33,34)35/h5-10,13H,2-4H2,1H3,(H2,36,38). The average Bonchev–Trinajstić information content (AvgIpc) is 2.76.